The topological polar surface area (TPSA) is 15.3 Å². The van der Waals surface area contributed by atoms with Crippen LogP contribution < -0.4 is 5.32 Å². The summed E-state index contributed by atoms with van der Waals surface area (Å²) in [5.41, 5.74) is 0. The maximum atomic E-state index is 3.71. The van der Waals surface area contributed by atoms with Crippen molar-refractivity contribution in [1.29, 1.82) is 0 Å². The molecule has 1 aromatic rings. The summed E-state index contributed by atoms with van der Waals surface area (Å²) in [6.07, 6.45) is 3.96. The van der Waals surface area contributed by atoms with Crippen molar-refractivity contribution in [3.8, 4) is 0 Å². The fourth-order valence-corrected chi connectivity index (χ4v) is 3.15. The number of nitrogens with one attached hydrogen (secondary N) is 1. The molecule has 1 fully saturated rings. The van der Waals surface area contributed by atoms with Crippen molar-refractivity contribution in [3.63, 3.8) is 0 Å². The summed E-state index contributed by atoms with van der Waals surface area (Å²) in [6.45, 7) is 8.18. The van der Waals surface area contributed by atoms with E-state index in [1.54, 1.807) is 0 Å². The molecule has 1 aromatic heterocycles. The van der Waals surface area contributed by atoms with Gasteiger partial charge in [0.05, 0.1) is 0 Å². The second kappa shape index (κ2) is 6.53. The summed E-state index contributed by atoms with van der Waals surface area (Å²) >= 11 is 1.85. The molecule has 1 unspecified atom stereocenters. The van der Waals surface area contributed by atoms with Crippen LogP contribution in [-0.2, 0) is 6.54 Å². The smallest absolute Gasteiger partial charge is 0.0302 e. The summed E-state index contributed by atoms with van der Waals surface area (Å²) < 4.78 is 0. The number of hydrogen-bond acceptors (Lipinski definition) is 3. The molecule has 0 aromatic carbocycles. The fraction of sp³-hybridized carbons (Fsp3) is 0.714. The molecule has 0 aliphatic carbocycles. The lowest BCUT2D eigenvalue weighted by Gasteiger charge is -2.24. The number of hydrogen-bond donors (Lipinski definition) is 1. The van der Waals surface area contributed by atoms with Crippen LogP contribution in [0.1, 0.15) is 38.0 Å². The average molecular weight is 252 g/mol. The molecule has 0 spiro atoms. The number of thiophene rings is 1. The van der Waals surface area contributed by atoms with Crippen molar-refractivity contribution >= 4 is 11.3 Å². The lowest BCUT2D eigenvalue weighted by Crippen LogP contribution is -2.33. The van der Waals surface area contributed by atoms with Gasteiger partial charge in [0.1, 0.15) is 0 Å². The maximum Gasteiger partial charge on any atom is 0.0302 e. The van der Waals surface area contributed by atoms with E-state index in [1.807, 2.05) is 11.3 Å². The summed E-state index contributed by atoms with van der Waals surface area (Å²) in [4.78, 5) is 4.06. The van der Waals surface area contributed by atoms with Crippen LogP contribution in [0.4, 0.5) is 0 Å². The first-order valence-electron chi connectivity index (χ1n) is 6.75. The molecule has 1 aliphatic heterocycles. The average Bonchev–Trinajstić information content (AvgIpc) is 2.70. The van der Waals surface area contributed by atoms with Crippen molar-refractivity contribution in [1.82, 2.24) is 10.2 Å². The Balaban J connectivity index is 1.75. The molecular weight excluding hydrogens is 228 g/mol. The summed E-state index contributed by atoms with van der Waals surface area (Å²) in [5.74, 6) is 0. The van der Waals surface area contributed by atoms with E-state index in [-0.39, 0.29) is 0 Å². The molecule has 2 nitrogen and oxygen atoms in total. The van der Waals surface area contributed by atoms with Gasteiger partial charge in [0.25, 0.3) is 0 Å². The third-order valence-corrected chi connectivity index (χ3v) is 4.51. The van der Waals surface area contributed by atoms with Gasteiger partial charge in [0, 0.05) is 23.5 Å². The Labute approximate surface area is 109 Å². The monoisotopic (exact) mass is 252 g/mol. The van der Waals surface area contributed by atoms with Crippen LogP contribution in [-0.4, -0.2) is 30.1 Å². The van der Waals surface area contributed by atoms with Gasteiger partial charge in [0.2, 0.25) is 0 Å². The first-order chi connectivity index (χ1) is 8.25. The number of nitrogens with zero attached hydrogens (tertiary/aromatic N) is 1. The van der Waals surface area contributed by atoms with Gasteiger partial charge in [-0.05, 0) is 57.6 Å². The molecule has 0 saturated carbocycles. The van der Waals surface area contributed by atoms with Crippen LogP contribution in [0.2, 0.25) is 0 Å². The zero-order valence-corrected chi connectivity index (χ0v) is 11.8. The standard InChI is InChI=1S/C14H24N2S/c1-12(2)16-8-3-5-13(7-9-16)15-11-14-6-4-10-17-14/h4,6,10,12-13,15H,3,5,7-9,11H2,1-2H3. The molecule has 2 heterocycles. The molecule has 2 rings (SSSR count). The largest absolute Gasteiger partial charge is 0.309 e. The Morgan fingerprint density at radius 1 is 1.41 bits per heavy atom. The van der Waals surface area contributed by atoms with E-state index in [4.69, 9.17) is 0 Å². The van der Waals surface area contributed by atoms with Gasteiger partial charge in [-0.3, -0.25) is 0 Å². The van der Waals surface area contributed by atoms with Crippen molar-refractivity contribution in [3.05, 3.63) is 22.4 Å². The highest BCUT2D eigenvalue weighted by Crippen LogP contribution is 2.15. The molecular formula is C14H24N2S. The molecule has 96 valence electrons. The van der Waals surface area contributed by atoms with Crippen molar-refractivity contribution in [2.24, 2.45) is 0 Å². The lowest BCUT2D eigenvalue weighted by atomic mass is 10.1. The molecule has 17 heavy (non-hydrogen) atoms. The van der Waals surface area contributed by atoms with Crippen molar-refractivity contribution < 1.29 is 0 Å². The van der Waals surface area contributed by atoms with Crippen LogP contribution in [0.15, 0.2) is 17.5 Å². The quantitative estimate of drug-likeness (QED) is 0.886. The number of rotatable bonds is 4. The highest BCUT2D eigenvalue weighted by atomic mass is 32.1. The van der Waals surface area contributed by atoms with E-state index >= 15 is 0 Å². The Morgan fingerprint density at radius 2 is 2.29 bits per heavy atom. The molecule has 1 N–H and O–H groups in total. The van der Waals surface area contributed by atoms with E-state index in [9.17, 15) is 0 Å². The van der Waals surface area contributed by atoms with Crippen LogP contribution >= 0.6 is 11.3 Å². The van der Waals surface area contributed by atoms with E-state index in [0.717, 1.165) is 6.54 Å². The zero-order chi connectivity index (χ0) is 12.1. The van der Waals surface area contributed by atoms with Gasteiger partial charge >= 0.3 is 0 Å². The summed E-state index contributed by atoms with van der Waals surface area (Å²) in [5, 5.41) is 5.86. The molecule has 1 aliphatic rings. The van der Waals surface area contributed by atoms with Gasteiger partial charge < -0.3 is 10.2 Å². The SMILES string of the molecule is CC(C)N1CCCC(NCc2cccs2)CC1. The predicted molar refractivity (Wildman–Crippen MR) is 75.5 cm³/mol. The van der Waals surface area contributed by atoms with Crippen LogP contribution in [0, 0.1) is 0 Å². The van der Waals surface area contributed by atoms with Gasteiger partial charge in [-0.15, -0.1) is 11.3 Å². The van der Waals surface area contributed by atoms with E-state index in [1.165, 1.54) is 37.2 Å². The first-order valence-corrected chi connectivity index (χ1v) is 7.63. The van der Waals surface area contributed by atoms with Crippen LogP contribution in [0.5, 0.6) is 0 Å². The van der Waals surface area contributed by atoms with Gasteiger partial charge in [-0.25, -0.2) is 0 Å². The first kappa shape index (κ1) is 13.1. The Kier molecular flexibility index (Phi) is 5.01. The Morgan fingerprint density at radius 3 is 3.00 bits per heavy atom. The Bertz CT molecular complexity index is 308. The second-order valence-electron chi connectivity index (χ2n) is 5.22. The fourth-order valence-electron chi connectivity index (χ4n) is 2.50. The predicted octanol–water partition coefficient (Wildman–Crippen LogP) is 3.10. The minimum absolute atomic E-state index is 0.700. The van der Waals surface area contributed by atoms with Gasteiger partial charge in [-0.1, -0.05) is 6.07 Å². The van der Waals surface area contributed by atoms with E-state index < -0.39 is 0 Å². The summed E-state index contributed by atoms with van der Waals surface area (Å²) in [6, 6.07) is 5.76. The highest BCUT2D eigenvalue weighted by molar-refractivity contribution is 7.09. The van der Waals surface area contributed by atoms with Crippen LogP contribution in [0.25, 0.3) is 0 Å². The molecule has 1 saturated heterocycles. The third kappa shape index (κ3) is 4.09. The highest BCUT2D eigenvalue weighted by Gasteiger charge is 2.18. The minimum Gasteiger partial charge on any atom is -0.309 e. The normalized spacial score (nSPS) is 22.9. The third-order valence-electron chi connectivity index (χ3n) is 3.64. The maximum absolute atomic E-state index is 3.71. The second-order valence-corrected chi connectivity index (χ2v) is 6.25. The zero-order valence-electron chi connectivity index (χ0n) is 11.0. The molecule has 0 radical (unpaired) electrons. The van der Waals surface area contributed by atoms with Gasteiger partial charge in [-0.2, -0.15) is 0 Å². The minimum atomic E-state index is 0.700. The molecule has 1 atom stereocenters. The van der Waals surface area contributed by atoms with E-state index in [2.05, 4.69) is 41.6 Å². The molecule has 0 amide bonds. The Hall–Kier alpha value is -0.380. The molecule has 0 bridgehead atoms. The molecule has 3 heteroatoms. The van der Waals surface area contributed by atoms with Crippen molar-refractivity contribution in [2.45, 2.75) is 51.7 Å². The van der Waals surface area contributed by atoms with Gasteiger partial charge in [0.15, 0.2) is 0 Å². The summed E-state index contributed by atoms with van der Waals surface area (Å²) in [7, 11) is 0. The van der Waals surface area contributed by atoms with Crippen molar-refractivity contribution in [2.75, 3.05) is 13.1 Å². The van der Waals surface area contributed by atoms with Crippen LogP contribution in [0.3, 0.4) is 0 Å². The lowest BCUT2D eigenvalue weighted by molar-refractivity contribution is 0.229. The van der Waals surface area contributed by atoms with E-state index in [0.29, 0.717) is 12.1 Å². The number of likely N-dealkylation sites (tertiary alicyclic amines) is 1.